The molecule has 1 aliphatic carbocycles. The summed E-state index contributed by atoms with van der Waals surface area (Å²) in [7, 11) is 0. The maximum Gasteiger partial charge on any atom is 0.326 e. The van der Waals surface area contributed by atoms with Crippen LogP contribution in [0.2, 0.25) is 0 Å². The molecule has 1 saturated carbocycles. The van der Waals surface area contributed by atoms with Crippen molar-refractivity contribution in [1.82, 2.24) is 29.5 Å². The number of hydrogen-bond donors (Lipinski definition) is 3. The number of fused-ring (bicyclic) bond motifs is 1. The Labute approximate surface area is 157 Å². The van der Waals surface area contributed by atoms with Crippen LogP contribution in [-0.4, -0.2) is 60.0 Å². The first-order valence-electron chi connectivity index (χ1n) is 9.28. The van der Waals surface area contributed by atoms with Crippen molar-refractivity contribution in [2.24, 2.45) is 4.99 Å². The molecule has 0 aromatic carbocycles. The third-order valence-corrected chi connectivity index (χ3v) is 4.95. The second-order valence-corrected chi connectivity index (χ2v) is 7.17. The minimum absolute atomic E-state index is 0.235. The van der Waals surface area contributed by atoms with Crippen molar-refractivity contribution in [3.05, 3.63) is 33.2 Å². The van der Waals surface area contributed by atoms with Gasteiger partial charge in [-0.3, -0.25) is 4.98 Å². The standard InChI is InChI=1S/C17H19FN8O2/c18-10-3-5-25(6-4-10)15-22-13-9(7-12-14(27)23-17(28)21-12)8-19-26(13)16(24-15)20-11-1-2-11/h7-8,10-11,27H,1-6H2,(H2,21,23,28). The van der Waals surface area contributed by atoms with Gasteiger partial charge in [-0.1, -0.05) is 0 Å². The molecule has 0 radical (unpaired) electrons. The normalized spacial score (nSPS) is 19.8. The van der Waals surface area contributed by atoms with E-state index < -0.39 is 11.9 Å². The molecule has 4 heterocycles. The van der Waals surface area contributed by atoms with Gasteiger partial charge < -0.3 is 15.0 Å². The molecule has 3 aromatic heterocycles. The van der Waals surface area contributed by atoms with E-state index in [2.05, 4.69) is 30.0 Å². The lowest BCUT2D eigenvalue weighted by Gasteiger charge is -2.28. The largest absolute Gasteiger partial charge is 0.493 e. The number of anilines is 1. The average molecular weight is 386 g/mol. The van der Waals surface area contributed by atoms with Crippen LogP contribution in [-0.2, 0) is 0 Å². The van der Waals surface area contributed by atoms with E-state index in [-0.39, 0.29) is 17.6 Å². The monoisotopic (exact) mass is 386 g/mol. The molecule has 0 bridgehead atoms. The van der Waals surface area contributed by atoms with Crippen LogP contribution in [0.4, 0.5) is 10.3 Å². The van der Waals surface area contributed by atoms with Crippen molar-refractivity contribution in [2.75, 3.05) is 18.0 Å². The molecule has 28 heavy (non-hydrogen) atoms. The van der Waals surface area contributed by atoms with Gasteiger partial charge in [-0.05, 0) is 31.8 Å². The summed E-state index contributed by atoms with van der Waals surface area (Å²) < 4.78 is 15.1. The fraction of sp³-hybridized carbons (Fsp3) is 0.471. The number of H-pyrrole nitrogens is 2. The fourth-order valence-electron chi connectivity index (χ4n) is 3.26. The summed E-state index contributed by atoms with van der Waals surface area (Å²) in [6, 6.07) is 0.240. The van der Waals surface area contributed by atoms with Crippen LogP contribution in [0, 0.1) is 0 Å². The summed E-state index contributed by atoms with van der Waals surface area (Å²) in [5.74, 6) is 0.229. The average Bonchev–Trinajstić information content (AvgIpc) is 3.31. The minimum atomic E-state index is -0.789. The summed E-state index contributed by atoms with van der Waals surface area (Å²) in [5, 5.41) is 14.8. The highest BCUT2D eigenvalue weighted by molar-refractivity contribution is 5.57. The number of hydrogen-bond acceptors (Lipinski definition) is 7. The van der Waals surface area contributed by atoms with Crippen molar-refractivity contribution in [2.45, 2.75) is 37.9 Å². The molecule has 2 fully saturated rings. The van der Waals surface area contributed by atoms with Gasteiger partial charge in [0.05, 0.1) is 12.2 Å². The van der Waals surface area contributed by atoms with Gasteiger partial charge in [-0.15, -0.1) is 0 Å². The molecule has 0 spiro atoms. The molecule has 0 unspecified atom stereocenters. The summed E-state index contributed by atoms with van der Waals surface area (Å²) in [4.78, 5) is 31.9. The third-order valence-electron chi connectivity index (χ3n) is 4.95. The Morgan fingerprint density at radius 1 is 1.21 bits per heavy atom. The highest BCUT2D eigenvalue weighted by Gasteiger charge is 2.23. The SMILES string of the molecule is O=c1[nH]c(O)c(C=c2cnn3c(=NC4CC4)nc(N4CCC(F)CC4)nc23)[nH]1. The van der Waals surface area contributed by atoms with Gasteiger partial charge in [-0.2, -0.15) is 19.6 Å². The quantitative estimate of drug-likeness (QED) is 0.551. The van der Waals surface area contributed by atoms with Gasteiger partial charge in [0, 0.05) is 18.3 Å². The zero-order valence-electron chi connectivity index (χ0n) is 15.0. The summed E-state index contributed by atoms with van der Waals surface area (Å²) in [6.45, 7) is 1.08. The van der Waals surface area contributed by atoms with E-state index in [0.29, 0.717) is 48.4 Å². The predicted octanol–water partition coefficient (Wildman–Crippen LogP) is -0.605. The Kier molecular flexibility index (Phi) is 3.88. The van der Waals surface area contributed by atoms with Crippen LogP contribution in [0.25, 0.3) is 11.7 Å². The van der Waals surface area contributed by atoms with E-state index in [9.17, 15) is 14.3 Å². The molecule has 11 heteroatoms. The number of halogens is 1. The van der Waals surface area contributed by atoms with E-state index in [1.807, 2.05) is 4.90 Å². The second kappa shape index (κ2) is 6.43. The molecule has 10 nitrogen and oxygen atoms in total. The van der Waals surface area contributed by atoms with Crippen molar-refractivity contribution >= 4 is 17.7 Å². The predicted molar refractivity (Wildman–Crippen MR) is 97.6 cm³/mol. The molecule has 3 N–H and O–H groups in total. The van der Waals surface area contributed by atoms with Crippen LogP contribution >= 0.6 is 0 Å². The van der Waals surface area contributed by atoms with Crippen LogP contribution in [0.1, 0.15) is 31.4 Å². The number of alkyl halides is 1. The molecule has 1 saturated heterocycles. The minimum Gasteiger partial charge on any atom is -0.493 e. The lowest BCUT2D eigenvalue weighted by Crippen LogP contribution is -2.37. The van der Waals surface area contributed by atoms with Crippen LogP contribution < -0.4 is 21.4 Å². The van der Waals surface area contributed by atoms with Gasteiger partial charge in [0.2, 0.25) is 11.8 Å². The van der Waals surface area contributed by atoms with Gasteiger partial charge in [-0.25, -0.2) is 14.2 Å². The van der Waals surface area contributed by atoms with Gasteiger partial charge in [0.15, 0.2) is 5.65 Å². The van der Waals surface area contributed by atoms with Crippen LogP contribution in [0.15, 0.2) is 16.0 Å². The zero-order chi connectivity index (χ0) is 19.3. The first kappa shape index (κ1) is 16.9. The highest BCUT2D eigenvalue weighted by atomic mass is 19.1. The van der Waals surface area contributed by atoms with E-state index in [0.717, 1.165) is 12.8 Å². The van der Waals surface area contributed by atoms with Crippen molar-refractivity contribution in [1.29, 1.82) is 0 Å². The first-order chi connectivity index (χ1) is 13.6. The number of aromatic hydroxyl groups is 1. The molecule has 0 amide bonds. The first-order valence-corrected chi connectivity index (χ1v) is 9.28. The lowest BCUT2D eigenvalue weighted by atomic mass is 10.1. The molecule has 3 aromatic rings. The molecular weight excluding hydrogens is 367 g/mol. The third kappa shape index (κ3) is 3.12. The van der Waals surface area contributed by atoms with Crippen LogP contribution in [0.5, 0.6) is 5.88 Å². The summed E-state index contributed by atoms with van der Waals surface area (Å²) >= 11 is 0. The highest BCUT2D eigenvalue weighted by Crippen LogP contribution is 2.22. The van der Waals surface area contributed by atoms with E-state index in [1.54, 1.807) is 16.8 Å². The number of piperidine rings is 1. The number of nitrogens with zero attached hydrogens (tertiary/aromatic N) is 6. The van der Waals surface area contributed by atoms with Crippen molar-refractivity contribution < 1.29 is 9.50 Å². The Morgan fingerprint density at radius 2 is 2.00 bits per heavy atom. The van der Waals surface area contributed by atoms with Gasteiger partial charge in [0.1, 0.15) is 11.9 Å². The van der Waals surface area contributed by atoms with Crippen molar-refractivity contribution in [3.63, 3.8) is 0 Å². The number of nitrogens with one attached hydrogen (secondary N) is 2. The Hall–Kier alpha value is -3.24. The zero-order valence-corrected chi connectivity index (χ0v) is 15.0. The fourth-order valence-corrected chi connectivity index (χ4v) is 3.26. The Balaban J connectivity index is 1.68. The molecule has 0 atom stereocenters. The Morgan fingerprint density at radius 3 is 2.68 bits per heavy atom. The second-order valence-electron chi connectivity index (χ2n) is 7.17. The van der Waals surface area contributed by atoms with Crippen LogP contribution in [0.3, 0.4) is 0 Å². The molecule has 1 aliphatic heterocycles. The number of imidazole rings is 1. The summed E-state index contributed by atoms with van der Waals surface area (Å²) in [5.41, 5.74) is 0.692. The lowest BCUT2D eigenvalue weighted by molar-refractivity contribution is 0.276. The molecule has 2 aliphatic rings. The van der Waals surface area contributed by atoms with Crippen molar-refractivity contribution in [3.8, 4) is 5.88 Å². The van der Waals surface area contributed by atoms with E-state index in [4.69, 9.17) is 0 Å². The smallest absolute Gasteiger partial charge is 0.326 e. The molecule has 146 valence electrons. The van der Waals surface area contributed by atoms with Gasteiger partial charge >= 0.3 is 5.69 Å². The maximum atomic E-state index is 13.5. The van der Waals surface area contributed by atoms with E-state index >= 15 is 0 Å². The van der Waals surface area contributed by atoms with Gasteiger partial charge in [0.25, 0.3) is 5.62 Å². The molecular formula is C17H19FN8O2. The Bertz CT molecular complexity index is 1200. The maximum absolute atomic E-state index is 13.5. The molecule has 5 rings (SSSR count). The number of rotatable bonds is 3. The summed E-state index contributed by atoms with van der Waals surface area (Å²) in [6.07, 6.45) is 5.31. The number of aromatic amines is 2. The topological polar surface area (TPSA) is 128 Å². The number of aromatic nitrogens is 6. The van der Waals surface area contributed by atoms with E-state index in [1.165, 1.54) is 0 Å².